The molecule has 5 atom stereocenters. The minimum Gasteiger partial charge on any atom is -0.394 e. The minimum atomic E-state index is -1.38. The molecule has 1 rings (SSSR count). The summed E-state index contributed by atoms with van der Waals surface area (Å²) in [5, 5.41) is 36.5. The molecule has 0 spiro atoms. The van der Waals surface area contributed by atoms with Crippen LogP contribution in [0.25, 0.3) is 0 Å². The van der Waals surface area contributed by atoms with Crippen LogP contribution < -0.4 is 11.3 Å². The fourth-order valence-corrected chi connectivity index (χ4v) is 1.24. The average Bonchev–Trinajstić information content (AvgIpc) is 2.15. The van der Waals surface area contributed by atoms with Crippen LogP contribution in [0.2, 0.25) is 0 Å². The zero-order valence-electron chi connectivity index (χ0n) is 6.87. The van der Waals surface area contributed by atoms with E-state index < -0.39 is 37.3 Å². The summed E-state index contributed by atoms with van der Waals surface area (Å²) in [7, 11) is 0. The number of nitrogens with one attached hydrogen (secondary N) is 1. The number of nitrogens with two attached hydrogens (primary N) is 1. The molecule has 0 saturated carbocycles. The Bertz CT molecular complexity index is 149. The van der Waals surface area contributed by atoms with Gasteiger partial charge in [-0.3, -0.25) is 5.84 Å². The van der Waals surface area contributed by atoms with Crippen molar-refractivity contribution < 1.29 is 25.2 Å². The van der Waals surface area contributed by atoms with Crippen molar-refractivity contribution in [1.29, 1.82) is 0 Å². The van der Waals surface area contributed by atoms with E-state index in [1.807, 2.05) is 0 Å². The van der Waals surface area contributed by atoms with Crippen LogP contribution in [0, 0.1) is 0 Å². The molecule has 1 aliphatic rings. The summed E-state index contributed by atoms with van der Waals surface area (Å²) in [5.74, 6) is 5.01. The molecular formula is C6H14N2O5. The molecule has 5 unspecified atom stereocenters. The van der Waals surface area contributed by atoms with E-state index in [1.165, 1.54) is 0 Å². The number of hydrazine groups is 1. The van der Waals surface area contributed by atoms with Crippen molar-refractivity contribution in [2.75, 3.05) is 6.61 Å². The second kappa shape index (κ2) is 4.29. The van der Waals surface area contributed by atoms with Crippen molar-refractivity contribution in [2.24, 2.45) is 5.84 Å². The molecule has 1 saturated heterocycles. The van der Waals surface area contributed by atoms with Crippen LogP contribution in [0.1, 0.15) is 0 Å². The Kier molecular flexibility index (Phi) is 3.56. The van der Waals surface area contributed by atoms with E-state index >= 15 is 0 Å². The highest BCUT2D eigenvalue weighted by Gasteiger charge is 2.42. The summed E-state index contributed by atoms with van der Waals surface area (Å²) in [6.45, 7) is -0.455. The summed E-state index contributed by atoms with van der Waals surface area (Å²) in [4.78, 5) is 0. The van der Waals surface area contributed by atoms with E-state index in [2.05, 4.69) is 5.43 Å². The molecular weight excluding hydrogens is 180 g/mol. The summed E-state index contributed by atoms with van der Waals surface area (Å²) in [6, 6.07) is 0. The first-order valence-corrected chi connectivity index (χ1v) is 3.88. The highest BCUT2D eigenvalue weighted by molar-refractivity contribution is 4.90. The molecule has 7 nitrogen and oxygen atoms in total. The highest BCUT2D eigenvalue weighted by atomic mass is 16.6. The van der Waals surface area contributed by atoms with Crippen molar-refractivity contribution in [3.05, 3.63) is 0 Å². The lowest BCUT2D eigenvalue weighted by Gasteiger charge is -2.39. The number of rotatable bonds is 2. The monoisotopic (exact) mass is 194 g/mol. The lowest BCUT2D eigenvalue weighted by Crippen LogP contribution is -2.63. The first kappa shape index (κ1) is 10.8. The molecule has 7 N–H and O–H groups in total. The maximum absolute atomic E-state index is 9.26. The van der Waals surface area contributed by atoms with Crippen LogP contribution in [0.4, 0.5) is 0 Å². The van der Waals surface area contributed by atoms with Gasteiger partial charge in [0.05, 0.1) is 6.61 Å². The third-order valence-corrected chi connectivity index (χ3v) is 2.06. The zero-order chi connectivity index (χ0) is 10.0. The molecule has 13 heavy (non-hydrogen) atoms. The second-order valence-corrected chi connectivity index (χ2v) is 2.92. The predicted octanol–water partition coefficient (Wildman–Crippen LogP) is -3.75. The van der Waals surface area contributed by atoms with Gasteiger partial charge in [-0.05, 0) is 0 Å². The molecule has 78 valence electrons. The normalized spacial score (nSPS) is 46.4. The van der Waals surface area contributed by atoms with Crippen LogP contribution in [0.3, 0.4) is 0 Å². The Morgan fingerprint density at radius 3 is 2.23 bits per heavy atom. The molecule has 0 aromatic heterocycles. The van der Waals surface area contributed by atoms with Gasteiger partial charge in [0.25, 0.3) is 0 Å². The van der Waals surface area contributed by atoms with Gasteiger partial charge in [-0.2, -0.15) is 0 Å². The number of aliphatic hydroxyl groups excluding tert-OH is 4. The maximum Gasteiger partial charge on any atom is 0.149 e. The Balaban J connectivity index is 2.66. The second-order valence-electron chi connectivity index (χ2n) is 2.92. The van der Waals surface area contributed by atoms with Crippen LogP contribution >= 0.6 is 0 Å². The van der Waals surface area contributed by atoms with Crippen LogP contribution in [0.15, 0.2) is 0 Å². The van der Waals surface area contributed by atoms with Gasteiger partial charge in [0.15, 0.2) is 0 Å². The third-order valence-electron chi connectivity index (χ3n) is 2.06. The lowest BCUT2D eigenvalue weighted by atomic mass is 9.99. The zero-order valence-corrected chi connectivity index (χ0v) is 6.87. The molecule has 1 aliphatic heterocycles. The van der Waals surface area contributed by atoms with E-state index in [4.69, 9.17) is 15.7 Å². The topological polar surface area (TPSA) is 128 Å². The maximum atomic E-state index is 9.26. The van der Waals surface area contributed by atoms with Crippen LogP contribution in [-0.4, -0.2) is 57.7 Å². The fourth-order valence-electron chi connectivity index (χ4n) is 1.24. The molecule has 0 aromatic carbocycles. The smallest absolute Gasteiger partial charge is 0.149 e. The summed E-state index contributed by atoms with van der Waals surface area (Å²) in [6.07, 6.45) is -5.95. The molecule has 1 heterocycles. The predicted molar refractivity (Wildman–Crippen MR) is 41.1 cm³/mol. The average molecular weight is 194 g/mol. The Morgan fingerprint density at radius 1 is 1.15 bits per heavy atom. The standard InChI is InChI=1S/C6H14N2O5/c7-8-6-5(12)4(11)3(10)2(1-9)13-6/h2-6,8-12H,1,7H2. The lowest BCUT2D eigenvalue weighted by molar-refractivity contribution is -0.236. The van der Waals surface area contributed by atoms with Crippen LogP contribution in [-0.2, 0) is 4.74 Å². The van der Waals surface area contributed by atoms with Gasteiger partial charge in [-0.1, -0.05) is 0 Å². The Morgan fingerprint density at radius 2 is 1.77 bits per heavy atom. The molecule has 0 aromatic rings. The fraction of sp³-hybridized carbons (Fsp3) is 1.00. The van der Waals surface area contributed by atoms with E-state index in [0.29, 0.717) is 0 Å². The molecule has 0 bridgehead atoms. The molecule has 0 radical (unpaired) electrons. The van der Waals surface area contributed by atoms with Gasteiger partial charge in [-0.15, -0.1) is 0 Å². The molecule has 1 fully saturated rings. The van der Waals surface area contributed by atoms with Crippen LogP contribution in [0.5, 0.6) is 0 Å². The molecule has 7 heteroatoms. The van der Waals surface area contributed by atoms with Crippen molar-refractivity contribution in [3.63, 3.8) is 0 Å². The summed E-state index contributed by atoms with van der Waals surface area (Å²) in [5.41, 5.74) is 2.11. The number of hydrogen-bond acceptors (Lipinski definition) is 7. The summed E-state index contributed by atoms with van der Waals surface area (Å²) >= 11 is 0. The number of hydrogen-bond donors (Lipinski definition) is 6. The van der Waals surface area contributed by atoms with Crippen molar-refractivity contribution in [2.45, 2.75) is 30.6 Å². The van der Waals surface area contributed by atoms with Gasteiger partial charge in [0.1, 0.15) is 30.6 Å². The van der Waals surface area contributed by atoms with E-state index in [9.17, 15) is 15.3 Å². The van der Waals surface area contributed by atoms with E-state index in [1.54, 1.807) is 0 Å². The summed E-state index contributed by atoms with van der Waals surface area (Å²) < 4.78 is 4.93. The van der Waals surface area contributed by atoms with Gasteiger partial charge >= 0.3 is 0 Å². The molecule has 0 amide bonds. The Labute approximate surface area is 74.7 Å². The van der Waals surface area contributed by atoms with Crippen molar-refractivity contribution >= 4 is 0 Å². The largest absolute Gasteiger partial charge is 0.394 e. The first-order chi connectivity index (χ1) is 6.11. The van der Waals surface area contributed by atoms with Gasteiger partial charge in [-0.25, -0.2) is 5.43 Å². The Hall–Kier alpha value is -0.280. The van der Waals surface area contributed by atoms with Crippen molar-refractivity contribution in [1.82, 2.24) is 5.43 Å². The van der Waals surface area contributed by atoms with Gasteiger partial charge < -0.3 is 25.2 Å². The minimum absolute atomic E-state index is 0.455. The molecule has 0 aliphatic carbocycles. The first-order valence-electron chi connectivity index (χ1n) is 3.88. The number of aliphatic hydroxyl groups is 4. The number of ether oxygens (including phenoxy) is 1. The van der Waals surface area contributed by atoms with Gasteiger partial charge in [0, 0.05) is 0 Å². The quantitative estimate of drug-likeness (QED) is 0.197. The third kappa shape index (κ3) is 1.97. The van der Waals surface area contributed by atoms with Crippen molar-refractivity contribution in [3.8, 4) is 0 Å². The highest BCUT2D eigenvalue weighted by Crippen LogP contribution is 2.18. The van der Waals surface area contributed by atoms with Gasteiger partial charge in [0.2, 0.25) is 0 Å². The van der Waals surface area contributed by atoms with E-state index in [-0.39, 0.29) is 0 Å². The SMILES string of the molecule is NNC1OC(CO)C(O)C(O)C1O. The van der Waals surface area contributed by atoms with E-state index in [0.717, 1.165) is 0 Å².